The van der Waals surface area contributed by atoms with Gasteiger partial charge in [0.25, 0.3) is 5.91 Å². The molecule has 0 atom stereocenters. The van der Waals surface area contributed by atoms with E-state index < -0.39 is 0 Å². The van der Waals surface area contributed by atoms with Gasteiger partial charge < -0.3 is 9.88 Å². The summed E-state index contributed by atoms with van der Waals surface area (Å²) >= 11 is 3.40. The number of benzene rings is 2. The third-order valence-corrected chi connectivity index (χ3v) is 6.72. The molecule has 5 heteroatoms. The highest BCUT2D eigenvalue weighted by atomic mass is 79.9. The summed E-state index contributed by atoms with van der Waals surface area (Å²) in [4.78, 5) is 17.2. The lowest BCUT2D eigenvalue weighted by Gasteiger charge is -2.22. The maximum atomic E-state index is 12.3. The van der Waals surface area contributed by atoms with Gasteiger partial charge in [-0.3, -0.25) is 4.79 Å². The normalized spacial score (nSPS) is 14.8. The molecule has 1 fully saturated rings. The molecule has 0 saturated heterocycles. The summed E-state index contributed by atoms with van der Waals surface area (Å²) in [6, 6.07) is 15.9. The number of imidazole rings is 1. The largest absolute Gasteiger partial charge is 0.352 e. The first-order valence-electron chi connectivity index (χ1n) is 11.2. The highest BCUT2D eigenvalue weighted by Gasteiger charge is 2.16. The first kappa shape index (κ1) is 21.1. The van der Waals surface area contributed by atoms with E-state index in [0.717, 1.165) is 41.1 Å². The van der Waals surface area contributed by atoms with Gasteiger partial charge in [0.1, 0.15) is 5.82 Å². The molecule has 158 valence electrons. The van der Waals surface area contributed by atoms with Crippen LogP contribution in [0.5, 0.6) is 0 Å². The van der Waals surface area contributed by atoms with Crippen LogP contribution in [0, 0.1) is 5.92 Å². The van der Waals surface area contributed by atoms with E-state index in [1.54, 1.807) is 0 Å². The fraction of sp³-hybridized carbons (Fsp3) is 0.440. The molecule has 3 aromatic rings. The maximum absolute atomic E-state index is 12.3. The molecule has 1 N–H and O–H groups in total. The average Bonchev–Trinajstić information content (AvgIpc) is 3.13. The number of halogens is 1. The van der Waals surface area contributed by atoms with E-state index in [1.165, 1.54) is 44.0 Å². The molecule has 0 spiro atoms. The van der Waals surface area contributed by atoms with Gasteiger partial charge in [-0.1, -0.05) is 60.2 Å². The SMILES string of the molecule is O=C(NCCCc1nc2ccccc2n1CCC1CCCCC1)c1ccc(Br)cc1. The number of rotatable bonds is 8. The van der Waals surface area contributed by atoms with Crippen LogP contribution in [-0.4, -0.2) is 22.0 Å². The lowest BCUT2D eigenvalue weighted by atomic mass is 9.87. The lowest BCUT2D eigenvalue weighted by Crippen LogP contribution is -2.25. The number of hydrogen-bond donors (Lipinski definition) is 1. The Balaban J connectivity index is 1.35. The summed E-state index contributed by atoms with van der Waals surface area (Å²) in [7, 11) is 0. The number of carbonyl (C=O) groups is 1. The summed E-state index contributed by atoms with van der Waals surface area (Å²) in [5.41, 5.74) is 3.01. The third kappa shape index (κ3) is 5.31. The van der Waals surface area contributed by atoms with Crippen molar-refractivity contribution in [3.05, 3.63) is 64.4 Å². The summed E-state index contributed by atoms with van der Waals surface area (Å²) in [5, 5.41) is 3.03. The van der Waals surface area contributed by atoms with Crippen LogP contribution in [0.1, 0.15) is 61.1 Å². The molecule has 0 aliphatic heterocycles. The monoisotopic (exact) mass is 467 g/mol. The molecular formula is C25H30BrN3O. The minimum absolute atomic E-state index is 0.0201. The van der Waals surface area contributed by atoms with Crippen LogP contribution in [0.2, 0.25) is 0 Å². The van der Waals surface area contributed by atoms with Gasteiger partial charge in [-0.05, 0) is 55.2 Å². The number of carbonyl (C=O) groups excluding carboxylic acids is 1. The molecule has 2 aromatic carbocycles. The molecule has 1 aliphatic rings. The van der Waals surface area contributed by atoms with Gasteiger partial charge in [-0.2, -0.15) is 0 Å². The Morgan fingerprint density at radius 2 is 1.83 bits per heavy atom. The molecule has 0 bridgehead atoms. The van der Waals surface area contributed by atoms with Crippen LogP contribution in [0.15, 0.2) is 53.0 Å². The van der Waals surface area contributed by atoms with E-state index in [4.69, 9.17) is 4.98 Å². The van der Waals surface area contributed by atoms with E-state index in [1.807, 2.05) is 24.3 Å². The molecule has 1 aliphatic carbocycles. The Bertz CT molecular complexity index is 974. The number of amides is 1. The summed E-state index contributed by atoms with van der Waals surface area (Å²) in [6.07, 6.45) is 9.94. The van der Waals surface area contributed by atoms with Gasteiger partial charge in [0.05, 0.1) is 11.0 Å². The van der Waals surface area contributed by atoms with Crippen LogP contribution in [0.4, 0.5) is 0 Å². The third-order valence-electron chi connectivity index (χ3n) is 6.19. The lowest BCUT2D eigenvalue weighted by molar-refractivity contribution is 0.0953. The molecule has 1 amide bonds. The van der Waals surface area contributed by atoms with Crippen LogP contribution in [-0.2, 0) is 13.0 Å². The molecular weight excluding hydrogens is 438 g/mol. The van der Waals surface area contributed by atoms with Crippen molar-refractivity contribution in [3.63, 3.8) is 0 Å². The zero-order chi connectivity index (χ0) is 20.8. The number of aryl methyl sites for hydroxylation is 2. The van der Waals surface area contributed by atoms with Crippen LogP contribution < -0.4 is 5.32 Å². The Morgan fingerprint density at radius 1 is 1.07 bits per heavy atom. The second-order valence-corrected chi connectivity index (χ2v) is 9.24. The Morgan fingerprint density at radius 3 is 2.63 bits per heavy atom. The van der Waals surface area contributed by atoms with E-state index in [2.05, 4.69) is 50.1 Å². The van der Waals surface area contributed by atoms with Crippen LogP contribution in [0.25, 0.3) is 11.0 Å². The predicted molar refractivity (Wildman–Crippen MR) is 126 cm³/mol. The van der Waals surface area contributed by atoms with Gasteiger partial charge in [0.15, 0.2) is 0 Å². The Kier molecular flexibility index (Phi) is 7.21. The zero-order valence-corrected chi connectivity index (χ0v) is 19.0. The topological polar surface area (TPSA) is 46.9 Å². The first-order chi connectivity index (χ1) is 14.7. The second kappa shape index (κ2) is 10.3. The molecule has 30 heavy (non-hydrogen) atoms. The minimum Gasteiger partial charge on any atom is -0.352 e. The van der Waals surface area contributed by atoms with Crippen LogP contribution in [0.3, 0.4) is 0 Å². The molecule has 0 unspecified atom stereocenters. The molecule has 1 saturated carbocycles. The van der Waals surface area contributed by atoms with E-state index in [9.17, 15) is 4.79 Å². The molecule has 1 heterocycles. The van der Waals surface area contributed by atoms with Gasteiger partial charge >= 0.3 is 0 Å². The number of fused-ring (bicyclic) bond motifs is 1. The summed E-state index contributed by atoms with van der Waals surface area (Å²) < 4.78 is 3.40. The van der Waals surface area contributed by atoms with E-state index in [-0.39, 0.29) is 5.91 Å². The van der Waals surface area contributed by atoms with Crippen molar-refractivity contribution in [1.82, 2.24) is 14.9 Å². The van der Waals surface area contributed by atoms with Crippen molar-refractivity contribution in [2.75, 3.05) is 6.54 Å². The van der Waals surface area contributed by atoms with Gasteiger partial charge in [-0.25, -0.2) is 4.98 Å². The molecule has 1 aromatic heterocycles. The summed E-state index contributed by atoms with van der Waals surface area (Å²) in [5.74, 6) is 1.98. The average molecular weight is 468 g/mol. The number of nitrogens with zero attached hydrogens (tertiary/aromatic N) is 2. The van der Waals surface area contributed by atoms with E-state index >= 15 is 0 Å². The fourth-order valence-electron chi connectivity index (χ4n) is 4.50. The quantitative estimate of drug-likeness (QED) is 0.404. The van der Waals surface area contributed by atoms with Crippen molar-refractivity contribution in [2.45, 2.75) is 57.9 Å². The zero-order valence-electron chi connectivity index (χ0n) is 17.4. The molecule has 0 radical (unpaired) electrons. The van der Waals surface area contributed by atoms with Gasteiger partial charge in [-0.15, -0.1) is 0 Å². The number of aromatic nitrogens is 2. The minimum atomic E-state index is -0.0201. The van der Waals surface area contributed by atoms with Crippen molar-refractivity contribution in [2.24, 2.45) is 5.92 Å². The van der Waals surface area contributed by atoms with Crippen molar-refractivity contribution >= 4 is 32.9 Å². The van der Waals surface area contributed by atoms with Crippen molar-refractivity contribution in [1.29, 1.82) is 0 Å². The van der Waals surface area contributed by atoms with Crippen molar-refractivity contribution in [3.8, 4) is 0 Å². The second-order valence-electron chi connectivity index (χ2n) is 8.33. The molecule has 4 nitrogen and oxygen atoms in total. The van der Waals surface area contributed by atoms with Gasteiger partial charge in [0.2, 0.25) is 0 Å². The highest BCUT2D eigenvalue weighted by molar-refractivity contribution is 9.10. The first-order valence-corrected chi connectivity index (χ1v) is 12.0. The number of para-hydroxylation sites is 2. The summed E-state index contributed by atoms with van der Waals surface area (Å²) in [6.45, 7) is 1.70. The fourth-order valence-corrected chi connectivity index (χ4v) is 4.77. The number of nitrogens with one attached hydrogen (secondary N) is 1. The standard InChI is InChI=1S/C25H30BrN3O/c26-21-14-12-20(13-15-21)25(30)27-17-6-11-24-28-22-9-4-5-10-23(22)29(24)18-16-19-7-2-1-3-8-19/h4-5,9-10,12-15,19H,1-3,6-8,11,16-18H2,(H,27,30). The predicted octanol–water partition coefficient (Wildman–Crippen LogP) is 6.13. The number of hydrogen-bond acceptors (Lipinski definition) is 2. The van der Waals surface area contributed by atoms with Gasteiger partial charge in [0, 0.05) is 29.5 Å². The Hall–Kier alpha value is -2.14. The molecule has 4 rings (SSSR count). The van der Waals surface area contributed by atoms with E-state index in [0.29, 0.717) is 12.1 Å². The van der Waals surface area contributed by atoms with Crippen LogP contribution >= 0.6 is 15.9 Å². The smallest absolute Gasteiger partial charge is 0.251 e. The maximum Gasteiger partial charge on any atom is 0.251 e. The highest BCUT2D eigenvalue weighted by Crippen LogP contribution is 2.28. The van der Waals surface area contributed by atoms with Crippen molar-refractivity contribution < 1.29 is 4.79 Å². The Labute approximate surface area is 187 Å².